The zero-order valence-corrected chi connectivity index (χ0v) is 11.5. The van der Waals surface area contributed by atoms with Crippen LogP contribution in [0.2, 0.25) is 0 Å². The first-order valence-corrected chi connectivity index (χ1v) is 6.13. The first kappa shape index (κ1) is 15.1. The highest BCUT2D eigenvalue weighted by atomic mass is 79.9. The summed E-state index contributed by atoms with van der Waals surface area (Å²) in [5, 5.41) is 21.9. The Labute approximate surface area is 116 Å². The molecule has 1 atom stereocenters. The Hall–Kier alpha value is -1.96. The second kappa shape index (κ2) is 6.28. The average Bonchev–Trinajstić information content (AvgIpc) is 2.34. The normalized spacial score (nSPS) is 11.7. The quantitative estimate of drug-likeness (QED) is 0.633. The largest absolute Gasteiger partial charge is 0.480 e. The summed E-state index contributed by atoms with van der Waals surface area (Å²) in [6, 6.07) is 2.86. The molecule has 19 heavy (non-hydrogen) atoms. The topological polar surface area (TPSA) is 110 Å². The summed E-state index contributed by atoms with van der Waals surface area (Å²) in [6.45, 7) is 1.59. The van der Waals surface area contributed by atoms with Gasteiger partial charge in [0, 0.05) is 10.5 Å². The minimum absolute atomic E-state index is 0.173. The van der Waals surface area contributed by atoms with Gasteiger partial charge in [0.15, 0.2) is 0 Å². The maximum Gasteiger partial charge on any atom is 0.326 e. The first-order valence-electron chi connectivity index (χ1n) is 5.34. The summed E-state index contributed by atoms with van der Waals surface area (Å²) in [5.74, 6) is -1.97. The van der Waals surface area contributed by atoms with Gasteiger partial charge in [-0.1, -0.05) is 22.9 Å². The van der Waals surface area contributed by atoms with Crippen LogP contribution in [0.3, 0.4) is 0 Å². The van der Waals surface area contributed by atoms with E-state index >= 15 is 0 Å². The van der Waals surface area contributed by atoms with Crippen molar-refractivity contribution in [2.75, 3.05) is 0 Å². The van der Waals surface area contributed by atoms with Gasteiger partial charge in [-0.15, -0.1) is 0 Å². The molecule has 0 radical (unpaired) electrons. The molecule has 0 heterocycles. The van der Waals surface area contributed by atoms with Crippen LogP contribution in [0, 0.1) is 10.1 Å². The van der Waals surface area contributed by atoms with Crippen molar-refractivity contribution in [2.45, 2.75) is 19.4 Å². The number of nitro groups is 1. The van der Waals surface area contributed by atoms with Crippen LogP contribution in [0.1, 0.15) is 23.7 Å². The van der Waals surface area contributed by atoms with Crippen molar-refractivity contribution < 1.29 is 19.6 Å². The molecule has 0 aliphatic heterocycles. The number of nitrogens with zero attached hydrogens (tertiary/aromatic N) is 1. The fourth-order valence-corrected chi connectivity index (χ4v) is 1.77. The van der Waals surface area contributed by atoms with Gasteiger partial charge < -0.3 is 10.4 Å². The van der Waals surface area contributed by atoms with E-state index in [1.807, 2.05) is 0 Å². The number of carbonyl (C=O) groups excluding carboxylic acids is 1. The molecule has 0 bridgehead atoms. The number of carboxylic acids is 1. The molecule has 1 amide bonds. The molecule has 1 aromatic carbocycles. The molecule has 0 aliphatic rings. The Balaban J connectivity index is 3.06. The second-order valence-corrected chi connectivity index (χ2v) is 4.61. The smallest absolute Gasteiger partial charge is 0.326 e. The number of hydrogen-bond acceptors (Lipinski definition) is 4. The molecular formula is C11H11BrN2O5. The van der Waals surface area contributed by atoms with E-state index < -0.39 is 22.8 Å². The minimum Gasteiger partial charge on any atom is -0.480 e. The fraction of sp³-hybridized carbons (Fsp3) is 0.273. The van der Waals surface area contributed by atoms with E-state index in [9.17, 15) is 19.7 Å². The molecule has 1 aromatic rings. The van der Waals surface area contributed by atoms with Crippen molar-refractivity contribution in [3.05, 3.63) is 38.3 Å². The predicted octanol–water partition coefficient (Wildman–Crippen LogP) is 1.95. The molecule has 0 spiro atoms. The van der Waals surface area contributed by atoms with Crippen LogP contribution in [0.5, 0.6) is 0 Å². The SMILES string of the molecule is CC[C@H](NC(=O)c1ccc(Br)cc1[N+](=O)[O-])C(=O)O. The van der Waals surface area contributed by atoms with Crippen LogP contribution in [0.25, 0.3) is 0 Å². The number of rotatable bonds is 5. The Morgan fingerprint density at radius 1 is 1.53 bits per heavy atom. The third-order valence-corrected chi connectivity index (χ3v) is 2.91. The van der Waals surface area contributed by atoms with E-state index in [1.165, 1.54) is 18.2 Å². The van der Waals surface area contributed by atoms with Crippen LogP contribution >= 0.6 is 15.9 Å². The Morgan fingerprint density at radius 3 is 2.63 bits per heavy atom. The third-order valence-electron chi connectivity index (χ3n) is 2.41. The number of amides is 1. The summed E-state index contributed by atoms with van der Waals surface area (Å²) in [6.07, 6.45) is 0.186. The van der Waals surface area contributed by atoms with Gasteiger partial charge in [-0.3, -0.25) is 14.9 Å². The van der Waals surface area contributed by atoms with Crippen LogP contribution in [0.15, 0.2) is 22.7 Å². The molecule has 0 aromatic heterocycles. The molecule has 0 saturated carbocycles. The molecule has 8 heteroatoms. The monoisotopic (exact) mass is 330 g/mol. The van der Waals surface area contributed by atoms with Crippen LogP contribution in [-0.2, 0) is 4.79 Å². The van der Waals surface area contributed by atoms with Crippen molar-refractivity contribution >= 4 is 33.5 Å². The van der Waals surface area contributed by atoms with Crippen LogP contribution in [0.4, 0.5) is 5.69 Å². The predicted molar refractivity (Wildman–Crippen MR) is 70.0 cm³/mol. The van der Waals surface area contributed by atoms with E-state index in [2.05, 4.69) is 21.2 Å². The molecule has 0 unspecified atom stereocenters. The summed E-state index contributed by atoms with van der Waals surface area (Å²) < 4.78 is 0.459. The number of halogens is 1. The molecule has 2 N–H and O–H groups in total. The van der Waals surface area contributed by atoms with Crippen LogP contribution < -0.4 is 5.32 Å². The maximum atomic E-state index is 11.9. The standard InChI is InChI=1S/C11H11BrN2O5/c1-2-8(11(16)17)13-10(15)7-4-3-6(12)5-9(7)14(18)19/h3-5,8H,2H2,1H3,(H,13,15)(H,16,17)/t8-/m0/s1. The average molecular weight is 331 g/mol. The third kappa shape index (κ3) is 3.75. The number of aliphatic carboxylic acids is 1. The number of benzene rings is 1. The highest BCUT2D eigenvalue weighted by molar-refractivity contribution is 9.10. The van der Waals surface area contributed by atoms with E-state index in [0.29, 0.717) is 4.47 Å². The Kier molecular flexibility index (Phi) is 4.99. The minimum atomic E-state index is -1.18. The lowest BCUT2D eigenvalue weighted by molar-refractivity contribution is -0.385. The molecular weight excluding hydrogens is 320 g/mol. The molecule has 0 fully saturated rings. The van der Waals surface area contributed by atoms with Crippen molar-refractivity contribution in [3.8, 4) is 0 Å². The second-order valence-electron chi connectivity index (χ2n) is 3.69. The Morgan fingerprint density at radius 2 is 2.16 bits per heavy atom. The van der Waals surface area contributed by atoms with Gasteiger partial charge in [-0.05, 0) is 18.6 Å². The lowest BCUT2D eigenvalue weighted by Crippen LogP contribution is -2.40. The van der Waals surface area contributed by atoms with Gasteiger partial charge in [-0.2, -0.15) is 0 Å². The van der Waals surface area contributed by atoms with E-state index in [1.54, 1.807) is 6.92 Å². The van der Waals surface area contributed by atoms with Crippen molar-refractivity contribution in [2.24, 2.45) is 0 Å². The zero-order valence-electron chi connectivity index (χ0n) is 9.92. The Bertz CT molecular complexity index is 532. The number of carbonyl (C=O) groups is 2. The molecule has 102 valence electrons. The lowest BCUT2D eigenvalue weighted by Gasteiger charge is -2.12. The zero-order chi connectivity index (χ0) is 14.6. The van der Waals surface area contributed by atoms with E-state index in [4.69, 9.17) is 5.11 Å². The highest BCUT2D eigenvalue weighted by Crippen LogP contribution is 2.23. The van der Waals surface area contributed by atoms with Gasteiger partial charge in [0.05, 0.1) is 4.92 Å². The van der Waals surface area contributed by atoms with Crippen molar-refractivity contribution in [1.82, 2.24) is 5.32 Å². The molecule has 1 rings (SSSR count). The first-order chi connectivity index (χ1) is 8.86. The highest BCUT2D eigenvalue weighted by Gasteiger charge is 2.24. The summed E-state index contributed by atoms with van der Waals surface area (Å²) in [5.41, 5.74) is -0.556. The van der Waals surface area contributed by atoms with Crippen LogP contribution in [-0.4, -0.2) is 27.9 Å². The fourth-order valence-electron chi connectivity index (χ4n) is 1.42. The lowest BCUT2D eigenvalue weighted by atomic mass is 10.1. The summed E-state index contributed by atoms with van der Waals surface area (Å²) in [7, 11) is 0. The van der Waals surface area contributed by atoms with Gasteiger partial charge >= 0.3 is 5.97 Å². The van der Waals surface area contributed by atoms with Gasteiger partial charge in [0.1, 0.15) is 11.6 Å². The number of nitro benzene ring substituents is 1. The number of hydrogen-bond donors (Lipinski definition) is 2. The summed E-state index contributed by atoms with van der Waals surface area (Å²) in [4.78, 5) is 32.8. The molecule has 0 saturated heterocycles. The van der Waals surface area contributed by atoms with Gasteiger partial charge in [-0.25, -0.2) is 4.79 Å². The van der Waals surface area contributed by atoms with E-state index in [0.717, 1.165) is 0 Å². The molecule has 0 aliphatic carbocycles. The maximum absolute atomic E-state index is 11.9. The molecule has 7 nitrogen and oxygen atoms in total. The van der Waals surface area contributed by atoms with Gasteiger partial charge in [0.2, 0.25) is 0 Å². The van der Waals surface area contributed by atoms with Gasteiger partial charge in [0.25, 0.3) is 11.6 Å². The number of nitrogens with one attached hydrogen (secondary N) is 1. The summed E-state index contributed by atoms with van der Waals surface area (Å²) >= 11 is 3.07. The van der Waals surface area contributed by atoms with Crippen molar-refractivity contribution in [1.29, 1.82) is 0 Å². The van der Waals surface area contributed by atoms with Crippen molar-refractivity contribution in [3.63, 3.8) is 0 Å². The number of carboxylic acid groups (broad SMARTS) is 1. The van der Waals surface area contributed by atoms with E-state index in [-0.39, 0.29) is 17.7 Å².